The van der Waals surface area contributed by atoms with E-state index in [1.807, 2.05) is 0 Å². The normalized spacial score (nSPS) is 38.9. The molecule has 9 nitrogen and oxygen atoms in total. The third-order valence-corrected chi connectivity index (χ3v) is 7.33. The Balaban J connectivity index is 1.96. The summed E-state index contributed by atoms with van der Waals surface area (Å²) in [5, 5.41) is 22.8. The predicted octanol–water partition coefficient (Wildman–Crippen LogP) is -1.17. The lowest BCUT2D eigenvalue weighted by atomic mass is 9.49. The molecule has 0 saturated heterocycles. The minimum absolute atomic E-state index is 0.290. The van der Waals surface area contributed by atoms with E-state index in [0.29, 0.717) is 5.56 Å². The van der Waals surface area contributed by atoms with Gasteiger partial charge in [0.2, 0.25) is 5.91 Å². The molecule has 1 amide bonds. The van der Waals surface area contributed by atoms with Crippen LogP contribution in [0.3, 0.4) is 0 Å². The predicted molar refractivity (Wildman–Crippen MR) is 106 cm³/mol. The summed E-state index contributed by atoms with van der Waals surface area (Å²) >= 11 is 0. The zero-order chi connectivity index (χ0) is 23.9. The minimum Gasteiger partial charge on any atom is -0.392 e. The smallest absolute Gasteiger partial charge is 0.235 e. The van der Waals surface area contributed by atoms with Gasteiger partial charge in [0.25, 0.3) is 0 Å². The standard InChI is InChI=1S/C22H23FN2O7/c1-7-8-5-4-6-9(23)11(8)16(26)12-10(7)17(27)14-15(25(2)3)18(28)13(21(24)31)20(30)22(14,32)19(12)29/h4-7,10,12-15,17,27,32H,1-3H3,(H2,24,31)/t7-,10+,12?,13?,14+,15-,17-,22-/m0/s1. The first-order chi connectivity index (χ1) is 14.9. The van der Waals surface area contributed by atoms with Crippen LogP contribution in [-0.4, -0.2) is 76.0 Å². The second kappa shape index (κ2) is 7.09. The Bertz CT molecular complexity index is 1090. The van der Waals surface area contributed by atoms with Crippen molar-refractivity contribution in [2.24, 2.45) is 29.4 Å². The van der Waals surface area contributed by atoms with Crippen molar-refractivity contribution in [3.05, 3.63) is 35.1 Å². The first-order valence-electron chi connectivity index (χ1n) is 10.2. The zero-order valence-electron chi connectivity index (χ0n) is 17.6. The number of rotatable bonds is 2. The molecule has 1 aromatic carbocycles. The highest BCUT2D eigenvalue weighted by Crippen LogP contribution is 2.53. The molecule has 2 saturated carbocycles. The molecular formula is C22H23FN2O7. The lowest BCUT2D eigenvalue weighted by molar-refractivity contribution is -0.196. The average Bonchev–Trinajstić information content (AvgIpc) is 2.70. The summed E-state index contributed by atoms with van der Waals surface area (Å²) in [7, 11) is 2.86. The van der Waals surface area contributed by atoms with Crippen molar-refractivity contribution in [1.82, 2.24) is 4.90 Å². The molecular weight excluding hydrogens is 423 g/mol. The van der Waals surface area contributed by atoms with Gasteiger partial charge in [-0.25, -0.2) is 4.39 Å². The number of carbonyl (C=O) groups excluding carboxylic acids is 5. The van der Waals surface area contributed by atoms with E-state index in [2.05, 4.69) is 0 Å². The van der Waals surface area contributed by atoms with E-state index >= 15 is 0 Å². The van der Waals surface area contributed by atoms with Gasteiger partial charge in [-0.05, 0) is 31.6 Å². The van der Waals surface area contributed by atoms with Gasteiger partial charge in [-0.1, -0.05) is 19.1 Å². The Morgan fingerprint density at radius 3 is 2.34 bits per heavy atom. The van der Waals surface area contributed by atoms with Crippen molar-refractivity contribution in [3.63, 3.8) is 0 Å². The van der Waals surface area contributed by atoms with Gasteiger partial charge in [0.15, 0.2) is 34.7 Å². The van der Waals surface area contributed by atoms with Crippen molar-refractivity contribution in [2.45, 2.75) is 30.6 Å². The molecule has 8 atom stereocenters. The number of nitrogens with zero attached hydrogens (tertiary/aromatic N) is 1. The van der Waals surface area contributed by atoms with Crippen LogP contribution in [-0.2, 0) is 19.2 Å². The molecule has 2 fully saturated rings. The van der Waals surface area contributed by atoms with Crippen molar-refractivity contribution < 1.29 is 38.6 Å². The molecule has 10 heteroatoms. The molecule has 4 N–H and O–H groups in total. The SMILES string of the molecule is C[C@H]1c2cccc(F)c2C(=O)C2C(=O)[C@]3(O)C(=O)C(C(N)=O)C(=O)[C@@H](N(C)C)[C@@H]3[C@@H](O)[C@@H]21. The minimum atomic E-state index is -3.01. The number of hydrogen-bond acceptors (Lipinski definition) is 8. The van der Waals surface area contributed by atoms with Crippen molar-refractivity contribution >= 4 is 29.0 Å². The molecule has 0 bridgehead atoms. The summed E-state index contributed by atoms with van der Waals surface area (Å²) in [5.41, 5.74) is 2.18. The van der Waals surface area contributed by atoms with E-state index in [1.54, 1.807) is 6.92 Å². The van der Waals surface area contributed by atoms with Gasteiger partial charge < -0.3 is 15.9 Å². The van der Waals surface area contributed by atoms with Crippen LogP contribution in [0.4, 0.5) is 4.39 Å². The van der Waals surface area contributed by atoms with Crippen molar-refractivity contribution in [3.8, 4) is 0 Å². The molecule has 0 radical (unpaired) electrons. The number of amides is 1. The van der Waals surface area contributed by atoms with Crippen LogP contribution in [0.25, 0.3) is 0 Å². The Morgan fingerprint density at radius 2 is 1.78 bits per heavy atom. The fourth-order valence-electron chi connectivity index (χ4n) is 5.92. The van der Waals surface area contributed by atoms with Crippen LogP contribution in [0.5, 0.6) is 0 Å². The lowest BCUT2D eigenvalue weighted by Gasteiger charge is -2.55. The van der Waals surface area contributed by atoms with Gasteiger partial charge in [0.1, 0.15) is 5.82 Å². The summed E-state index contributed by atoms with van der Waals surface area (Å²) < 4.78 is 14.5. The molecule has 3 aliphatic carbocycles. The number of halogens is 1. The Labute approximate surface area is 182 Å². The number of aliphatic hydroxyl groups is 2. The molecule has 0 aromatic heterocycles. The maximum atomic E-state index is 14.5. The van der Waals surface area contributed by atoms with Crippen LogP contribution in [0.2, 0.25) is 0 Å². The van der Waals surface area contributed by atoms with Gasteiger partial charge >= 0.3 is 0 Å². The van der Waals surface area contributed by atoms with Crippen LogP contribution in [0, 0.1) is 29.5 Å². The zero-order valence-corrected chi connectivity index (χ0v) is 17.6. The Hall–Kier alpha value is -2.82. The number of primary amides is 1. The molecule has 1 aromatic rings. The number of likely N-dealkylation sites (N-methyl/N-ethyl adjacent to an activating group) is 1. The van der Waals surface area contributed by atoms with Gasteiger partial charge in [-0.15, -0.1) is 0 Å². The quantitative estimate of drug-likeness (QED) is 0.480. The van der Waals surface area contributed by atoms with Crippen LogP contribution >= 0.6 is 0 Å². The molecule has 32 heavy (non-hydrogen) atoms. The molecule has 4 rings (SSSR count). The number of fused-ring (bicyclic) bond motifs is 3. The van der Waals surface area contributed by atoms with Crippen molar-refractivity contribution in [1.29, 1.82) is 0 Å². The number of benzene rings is 1. The highest BCUT2D eigenvalue weighted by molar-refractivity contribution is 6.32. The molecule has 2 unspecified atom stereocenters. The number of ketones is 4. The third-order valence-electron chi connectivity index (χ3n) is 7.33. The molecule has 170 valence electrons. The molecule has 3 aliphatic rings. The van der Waals surface area contributed by atoms with Gasteiger partial charge in [-0.3, -0.25) is 28.9 Å². The summed E-state index contributed by atoms with van der Waals surface area (Å²) in [6, 6.07) is 2.57. The lowest BCUT2D eigenvalue weighted by Crippen LogP contribution is -2.77. The number of Topliss-reactive ketones (excluding diaryl/α,β-unsaturated/α-hetero) is 4. The van der Waals surface area contributed by atoms with Gasteiger partial charge in [0, 0.05) is 5.92 Å². The first-order valence-corrected chi connectivity index (χ1v) is 10.2. The van der Waals surface area contributed by atoms with E-state index in [9.17, 15) is 38.6 Å². The van der Waals surface area contributed by atoms with Gasteiger partial charge in [-0.2, -0.15) is 0 Å². The maximum Gasteiger partial charge on any atom is 0.235 e. The fourth-order valence-corrected chi connectivity index (χ4v) is 5.92. The van der Waals surface area contributed by atoms with E-state index in [1.165, 1.54) is 31.1 Å². The first kappa shape index (κ1) is 22.4. The molecule has 0 heterocycles. The van der Waals surface area contributed by atoms with Crippen LogP contribution in [0.1, 0.15) is 28.8 Å². The average molecular weight is 446 g/mol. The van der Waals surface area contributed by atoms with E-state index in [0.717, 1.165) is 6.07 Å². The number of nitrogens with two attached hydrogens (primary N) is 1. The largest absolute Gasteiger partial charge is 0.392 e. The van der Waals surface area contributed by atoms with Gasteiger partial charge in [0.05, 0.1) is 29.5 Å². The molecule has 0 spiro atoms. The fraction of sp³-hybridized carbons (Fsp3) is 0.500. The second-order valence-electron chi connectivity index (χ2n) is 9.07. The number of carbonyl (C=O) groups is 5. The maximum absolute atomic E-state index is 14.5. The highest BCUT2D eigenvalue weighted by atomic mass is 19.1. The Kier molecular flexibility index (Phi) is 4.96. The van der Waals surface area contributed by atoms with Crippen LogP contribution in [0.15, 0.2) is 18.2 Å². The number of hydrogen-bond donors (Lipinski definition) is 3. The third kappa shape index (κ3) is 2.57. The summed E-state index contributed by atoms with van der Waals surface area (Å²) in [4.78, 5) is 66.2. The summed E-state index contributed by atoms with van der Waals surface area (Å²) in [6.45, 7) is 1.60. The topological polar surface area (TPSA) is 155 Å². The second-order valence-corrected chi connectivity index (χ2v) is 9.07. The number of aliphatic hydroxyl groups excluding tert-OH is 1. The Morgan fingerprint density at radius 1 is 1.16 bits per heavy atom. The van der Waals surface area contributed by atoms with E-state index in [4.69, 9.17) is 5.73 Å². The summed E-state index contributed by atoms with van der Waals surface area (Å²) in [6.07, 6.45) is -1.66. The van der Waals surface area contributed by atoms with Crippen molar-refractivity contribution in [2.75, 3.05) is 14.1 Å². The van der Waals surface area contributed by atoms with E-state index in [-0.39, 0.29) is 5.56 Å². The van der Waals surface area contributed by atoms with Crippen LogP contribution < -0.4 is 5.73 Å². The monoisotopic (exact) mass is 446 g/mol. The van der Waals surface area contributed by atoms with E-state index < -0.39 is 82.2 Å². The highest BCUT2D eigenvalue weighted by Gasteiger charge is 2.72. The summed E-state index contributed by atoms with van der Waals surface area (Å²) in [5.74, 6) is -14.1. The molecule has 0 aliphatic heterocycles.